The quantitative estimate of drug-likeness (QED) is 0.753. The summed E-state index contributed by atoms with van der Waals surface area (Å²) in [5.41, 5.74) is 1.92. The van der Waals surface area contributed by atoms with Gasteiger partial charge in [0.05, 0.1) is 5.52 Å². The number of nitrogens with one attached hydrogen (secondary N) is 1. The van der Waals surface area contributed by atoms with Gasteiger partial charge in [0.25, 0.3) is 0 Å². The van der Waals surface area contributed by atoms with Crippen LogP contribution in [0.2, 0.25) is 0 Å². The summed E-state index contributed by atoms with van der Waals surface area (Å²) < 4.78 is 0. The molecule has 24 heavy (non-hydrogen) atoms. The highest BCUT2D eigenvalue weighted by molar-refractivity contribution is 5.90. The monoisotopic (exact) mass is 321 g/mol. The Labute approximate surface area is 142 Å². The Morgan fingerprint density at radius 3 is 2.54 bits per heavy atom. The standard InChI is InChI=1S/C19H23N5/c1-14(10-13-24(2)3)21-19-16-6-4-5-7-17(16)22-18(23-19)15-8-11-20-12-9-15/h4-9,11-12,14H,10,13H2,1-3H3,(H,21,22,23). The van der Waals surface area contributed by atoms with Gasteiger partial charge in [-0.25, -0.2) is 9.97 Å². The molecule has 0 aliphatic carbocycles. The Bertz CT molecular complexity index is 801. The average molecular weight is 321 g/mol. The minimum Gasteiger partial charge on any atom is -0.367 e. The van der Waals surface area contributed by atoms with E-state index in [1.807, 2.05) is 30.3 Å². The van der Waals surface area contributed by atoms with Gasteiger partial charge in [0.15, 0.2) is 5.82 Å². The van der Waals surface area contributed by atoms with Crippen molar-refractivity contribution in [2.24, 2.45) is 0 Å². The van der Waals surface area contributed by atoms with E-state index in [4.69, 9.17) is 9.97 Å². The lowest BCUT2D eigenvalue weighted by atomic mass is 10.1. The van der Waals surface area contributed by atoms with Gasteiger partial charge in [0.1, 0.15) is 5.82 Å². The number of fused-ring (bicyclic) bond motifs is 1. The third-order valence-electron chi connectivity index (χ3n) is 3.93. The van der Waals surface area contributed by atoms with Crippen LogP contribution in [0.15, 0.2) is 48.8 Å². The summed E-state index contributed by atoms with van der Waals surface area (Å²) in [6.45, 7) is 3.22. The number of nitrogens with zero attached hydrogens (tertiary/aromatic N) is 4. The van der Waals surface area contributed by atoms with Crippen LogP contribution >= 0.6 is 0 Å². The van der Waals surface area contributed by atoms with Crippen molar-refractivity contribution in [2.45, 2.75) is 19.4 Å². The van der Waals surface area contributed by atoms with Gasteiger partial charge in [-0.15, -0.1) is 0 Å². The molecular weight excluding hydrogens is 298 g/mol. The van der Waals surface area contributed by atoms with Crippen molar-refractivity contribution < 1.29 is 0 Å². The Kier molecular flexibility index (Phi) is 5.01. The summed E-state index contributed by atoms with van der Waals surface area (Å²) >= 11 is 0. The van der Waals surface area contributed by atoms with Crippen molar-refractivity contribution in [3.8, 4) is 11.4 Å². The Morgan fingerprint density at radius 2 is 1.79 bits per heavy atom. The molecule has 124 valence electrons. The van der Waals surface area contributed by atoms with Crippen LogP contribution in [0.3, 0.4) is 0 Å². The molecule has 5 heteroatoms. The Morgan fingerprint density at radius 1 is 1.04 bits per heavy atom. The lowest BCUT2D eigenvalue weighted by molar-refractivity contribution is 0.390. The average Bonchev–Trinajstić information content (AvgIpc) is 2.60. The van der Waals surface area contributed by atoms with Gasteiger partial charge in [0.2, 0.25) is 0 Å². The lowest BCUT2D eigenvalue weighted by Gasteiger charge is -2.18. The highest BCUT2D eigenvalue weighted by Gasteiger charge is 2.11. The second-order valence-electron chi connectivity index (χ2n) is 6.29. The van der Waals surface area contributed by atoms with E-state index in [0.717, 1.165) is 41.1 Å². The summed E-state index contributed by atoms with van der Waals surface area (Å²) in [6, 6.07) is 12.3. The van der Waals surface area contributed by atoms with Crippen molar-refractivity contribution in [2.75, 3.05) is 26.0 Å². The van der Waals surface area contributed by atoms with Gasteiger partial charge in [-0.2, -0.15) is 0 Å². The van der Waals surface area contributed by atoms with E-state index in [1.165, 1.54) is 0 Å². The molecule has 0 bridgehead atoms. The van der Waals surface area contributed by atoms with Crippen molar-refractivity contribution in [1.29, 1.82) is 0 Å². The maximum atomic E-state index is 4.77. The first-order chi connectivity index (χ1) is 11.6. The van der Waals surface area contributed by atoms with Crippen LogP contribution in [-0.4, -0.2) is 46.5 Å². The van der Waals surface area contributed by atoms with Crippen LogP contribution in [-0.2, 0) is 0 Å². The van der Waals surface area contributed by atoms with Crippen molar-refractivity contribution in [1.82, 2.24) is 19.9 Å². The van der Waals surface area contributed by atoms with E-state index < -0.39 is 0 Å². The molecule has 5 nitrogen and oxygen atoms in total. The van der Waals surface area contributed by atoms with Gasteiger partial charge >= 0.3 is 0 Å². The summed E-state index contributed by atoms with van der Waals surface area (Å²) in [4.78, 5) is 15.7. The molecule has 0 saturated carbocycles. The molecule has 3 aromatic rings. The fraction of sp³-hybridized carbons (Fsp3) is 0.316. The number of hydrogen-bond donors (Lipinski definition) is 1. The molecule has 0 radical (unpaired) electrons. The van der Waals surface area contributed by atoms with Crippen LogP contribution in [0.4, 0.5) is 5.82 Å². The van der Waals surface area contributed by atoms with Gasteiger partial charge in [-0.3, -0.25) is 4.98 Å². The largest absolute Gasteiger partial charge is 0.367 e. The molecule has 1 N–H and O–H groups in total. The van der Waals surface area contributed by atoms with E-state index in [0.29, 0.717) is 6.04 Å². The van der Waals surface area contributed by atoms with Gasteiger partial charge in [-0.05, 0) is 58.3 Å². The van der Waals surface area contributed by atoms with Gasteiger partial charge in [-0.1, -0.05) is 12.1 Å². The second-order valence-corrected chi connectivity index (χ2v) is 6.29. The number of anilines is 1. The molecule has 0 amide bonds. The first kappa shape index (κ1) is 16.3. The van der Waals surface area contributed by atoms with Crippen molar-refractivity contribution in [3.05, 3.63) is 48.8 Å². The van der Waals surface area contributed by atoms with Crippen molar-refractivity contribution in [3.63, 3.8) is 0 Å². The highest BCUT2D eigenvalue weighted by Crippen LogP contribution is 2.25. The molecule has 0 spiro atoms. The van der Waals surface area contributed by atoms with Crippen LogP contribution in [0.1, 0.15) is 13.3 Å². The summed E-state index contributed by atoms with van der Waals surface area (Å²) in [7, 11) is 4.18. The predicted molar refractivity (Wildman–Crippen MR) is 99.0 cm³/mol. The maximum absolute atomic E-state index is 4.77. The lowest BCUT2D eigenvalue weighted by Crippen LogP contribution is -2.23. The first-order valence-corrected chi connectivity index (χ1v) is 8.22. The summed E-state index contributed by atoms with van der Waals surface area (Å²) in [5.74, 6) is 1.61. The number of para-hydroxylation sites is 1. The number of hydrogen-bond acceptors (Lipinski definition) is 5. The van der Waals surface area contributed by atoms with E-state index in [-0.39, 0.29) is 0 Å². The summed E-state index contributed by atoms with van der Waals surface area (Å²) in [6.07, 6.45) is 4.58. The number of benzene rings is 1. The Hall–Kier alpha value is -2.53. The number of aromatic nitrogens is 3. The second kappa shape index (κ2) is 7.36. The van der Waals surface area contributed by atoms with E-state index >= 15 is 0 Å². The molecule has 1 atom stereocenters. The van der Waals surface area contributed by atoms with Crippen LogP contribution in [0.5, 0.6) is 0 Å². The number of pyridine rings is 1. The van der Waals surface area contributed by atoms with Gasteiger partial charge < -0.3 is 10.2 Å². The minimum atomic E-state index is 0.330. The molecule has 0 saturated heterocycles. The molecule has 1 aromatic carbocycles. The SMILES string of the molecule is CC(CCN(C)C)Nc1nc(-c2ccncc2)nc2ccccc12. The normalized spacial score (nSPS) is 12.5. The van der Waals surface area contributed by atoms with E-state index in [1.54, 1.807) is 12.4 Å². The zero-order chi connectivity index (χ0) is 16.9. The van der Waals surface area contributed by atoms with Gasteiger partial charge in [0, 0.05) is 29.4 Å². The van der Waals surface area contributed by atoms with E-state index in [2.05, 4.69) is 42.3 Å². The van der Waals surface area contributed by atoms with Crippen LogP contribution in [0, 0.1) is 0 Å². The number of rotatable bonds is 6. The molecule has 2 aromatic heterocycles. The third kappa shape index (κ3) is 3.86. The molecule has 1 unspecified atom stereocenters. The van der Waals surface area contributed by atoms with Crippen LogP contribution in [0.25, 0.3) is 22.3 Å². The highest BCUT2D eigenvalue weighted by atomic mass is 15.1. The molecule has 0 aliphatic heterocycles. The maximum Gasteiger partial charge on any atom is 0.162 e. The molecule has 2 heterocycles. The minimum absolute atomic E-state index is 0.330. The fourth-order valence-corrected chi connectivity index (χ4v) is 2.57. The fourth-order valence-electron chi connectivity index (χ4n) is 2.57. The summed E-state index contributed by atoms with van der Waals surface area (Å²) in [5, 5.41) is 4.61. The molecule has 3 rings (SSSR count). The zero-order valence-electron chi connectivity index (χ0n) is 14.4. The topological polar surface area (TPSA) is 53.9 Å². The zero-order valence-corrected chi connectivity index (χ0v) is 14.4. The molecule has 0 fully saturated rings. The molecular formula is C19H23N5. The van der Waals surface area contributed by atoms with E-state index in [9.17, 15) is 0 Å². The first-order valence-electron chi connectivity index (χ1n) is 8.22. The molecule has 0 aliphatic rings. The third-order valence-corrected chi connectivity index (χ3v) is 3.93. The smallest absolute Gasteiger partial charge is 0.162 e. The van der Waals surface area contributed by atoms with Crippen molar-refractivity contribution >= 4 is 16.7 Å². The Balaban J connectivity index is 1.96. The predicted octanol–water partition coefficient (Wildman–Crippen LogP) is 3.44. The van der Waals surface area contributed by atoms with Crippen LogP contribution < -0.4 is 5.32 Å².